The van der Waals surface area contributed by atoms with Crippen molar-refractivity contribution in [2.24, 2.45) is 0 Å². The molecule has 1 aromatic heterocycles. The first-order valence-corrected chi connectivity index (χ1v) is 11.0. The number of benzene rings is 1. The molecule has 32 heavy (non-hydrogen) atoms. The van der Waals surface area contributed by atoms with Gasteiger partial charge in [0, 0.05) is 17.6 Å². The van der Waals surface area contributed by atoms with Crippen LogP contribution in [0, 0.1) is 13.8 Å². The van der Waals surface area contributed by atoms with E-state index < -0.39 is 18.2 Å². The Balaban J connectivity index is 1.55. The van der Waals surface area contributed by atoms with Gasteiger partial charge in [-0.2, -0.15) is 13.2 Å². The minimum absolute atomic E-state index is 0.0802. The van der Waals surface area contributed by atoms with Crippen molar-refractivity contribution in [2.45, 2.75) is 63.1 Å². The van der Waals surface area contributed by atoms with E-state index in [2.05, 4.69) is 60.5 Å². The minimum Gasteiger partial charge on any atom is -0.361 e. The van der Waals surface area contributed by atoms with Gasteiger partial charge in [0.15, 0.2) is 6.35 Å². The van der Waals surface area contributed by atoms with Gasteiger partial charge in [-0.05, 0) is 70.8 Å². The number of alkyl halides is 3. The number of aliphatic hydroxyl groups excluding tert-OH is 1. The molecule has 1 spiro atoms. The first kappa shape index (κ1) is 23.0. The summed E-state index contributed by atoms with van der Waals surface area (Å²) in [6.45, 7) is 4.25. The zero-order chi connectivity index (χ0) is 23.3. The highest BCUT2D eigenvalue weighted by Crippen LogP contribution is 2.47. The fourth-order valence-electron chi connectivity index (χ4n) is 5.40. The van der Waals surface area contributed by atoms with Gasteiger partial charge >= 0.3 is 6.18 Å². The molecule has 5 nitrogen and oxygen atoms in total. The molecule has 2 aliphatic rings. The highest BCUT2D eigenvalue weighted by molar-refractivity contribution is 5.54. The molecular weight excluding hydrogens is 417 g/mol. The van der Waals surface area contributed by atoms with Gasteiger partial charge in [0.25, 0.3) is 0 Å². The van der Waals surface area contributed by atoms with E-state index >= 15 is 0 Å². The number of halogens is 3. The van der Waals surface area contributed by atoms with Crippen molar-refractivity contribution in [2.75, 3.05) is 25.5 Å². The molecular formula is C24H31F3N4O. The number of aryl methyl sites for hydroxylation is 2. The van der Waals surface area contributed by atoms with Crippen LogP contribution in [0.1, 0.15) is 48.1 Å². The molecule has 0 amide bonds. The Labute approximate surface area is 187 Å². The molecule has 1 saturated heterocycles. The topological polar surface area (TPSA) is 51.6 Å². The third-order valence-corrected chi connectivity index (χ3v) is 7.33. The Morgan fingerprint density at radius 3 is 2.38 bits per heavy atom. The number of rotatable bonds is 3. The van der Waals surface area contributed by atoms with Crippen LogP contribution in [-0.4, -0.2) is 47.5 Å². The molecule has 2 aromatic rings. The van der Waals surface area contributed by atoms with Crippen molar-refractivity contribution in [3.05, 3.63) is 58.9 Å². The normalized spacial score (nSPS) is 28.7. The summed E-state index contributed by atoms with van der Waals surface area (Å²) in [6.07, 6.45) is -0.691. The molecule has 1 aliphatic heterocycles. The maximum absolute atomic E-state index is 13.0. The second kappa shape index (κ2) is 8.01. The second-order valence-corrected chi connectivity index (χ2v) is 9.58. The maximum Gasteiger partial charge on any atom is 0.433 e. The number of aliphatic hydroxyl groups is 1. The first-order valence-electron chi connectivity index (χ1n) is 11.0. The van der Waals surface area contributed by atoms with E-state index in [1.165, 1.54) is 17.3 Å². The van der Waals surface area contributed by atoms with Crippen molar-refractivity contribution >= 4 is 5.69 Å². The van der Waals surface area contributed by atoms with Crippen LogP contribution >= 0.6 is 0 Å². The van der Waals surface area contributed by atoms with E-state index in [1.54, 1.807) is 11.8 Å². The molecule has 2 fully saturated rings. The first-order chi connectivity index (χ1) is 15.0. The van der Waals surface area contributed by atoms with Crippen LogP contribution in [0.15, 0.2) is 36.5 Å². The van der Waals surface area contributed by atoms with Crippen LogP contribution in [0.2, 0.25) is 0 Å². The number of nitrogens with zero attached hydrogens (tertiary/aromatic N) is 3. The zero-order valence-corrected chi connectivity index (χ0v) is 19.0. The summed E-state index contributed by atoms with van der Waals surface area (Å²) in [7, 11) is 4.22. The number of hydrogen-bond donors (Lipinski definition) is 2. The van der Waals surface area contributed by atoms with E-state index in [0.29, 0.717) is 17.8 Å². The number of nitrogens with one attached hydrogen (secondary N) is 1. The van der Waals surface area contributed by atoms with Crippen LogP contribution in [0.3, 0.4) is 0 Å². The molecule has 1 aromatic carbocycles. The van der Waals surface area contributed by atoms with Crippen LogP contribution in [0.4, 0.5) is 18.9 Å². The summed E-state index contributed by atoms with van der Waals surface area (Å²) in [4.78, 5) is 7.63. The van der Waals surface area contributed by atoms with Gasteiger partial charge in [-0.25, -0.2) is 4.98 Å². The Hall–Kier alpha value is -2.16. The van der Waals surface area contributed by atoms with E-state index in [-0.39, 0.29) is 11.1 Å². The van der Waals surface area contributed by atoms with Crippen molar-refractivity contribution in [1.82, 2.24) is 15.2 Å². The molecule has 174 valence electrons. The van der Waals surface area contributed by atoms with Crippen molar-refractivity contribution in [3.8, 4) is 0 Å². The molecule has 0 radical (unpaired) electrons. The summed E-state index contributed by atoms with van der Waals surface area (Å²) >= 11 is 0. The quantitative estimate of drug-likeness (QED) is 0.738. The monoisotopic (exact) mass is 448 g/mol. The van der Waals surface area contributed by atoms with Gasteiger partial charge in [-0.1, -0.05) is 29.8 Å². The molecule has 2 heterocycles. The van der Waals surface area contributed by atoms with Gasteiger partial charge in [0.05, 0.1) is 11.9 Å². The van der Waals surface area contributed by atoms with Crippen molar-refractivity contribution in [1.29, 1.82) is 0 Å². The lowest BCUT2D eigenvalue weighted by Crippen LogP contribution is -2.54. The Morgan fingerprint density at radius 1 is 1.12 bits per heavy atom. The van der Waals surface area contributed by atoms with Crippen LogP contribution in [0.5, 0.6) is 0 Å². The molecule has 1 aliphatic carbocycles. The van der Waals surface area contributed by atoms with Gasteiger partial charge < -0.3 is 10.0 Å². The third-order valence-electron chi connectivity index (χ3n) is 7.33. The summed E-state index contributed by atoms with van der Waals surface area (Å²) in [5, 5.41) is 14.1. The maximum atomic E-state index is 13.0. The molecule has 0 bridgehead atoms. The summed E-state index contributed by atoms with van der Waals surface area (Å²) in [6, 6.07) is 9.68. The summed E-state index contributed by atoms with van der Waals surface area (Å²) in [5.41, 5.74) is 2.22. The predicted molar refractivity (Wildman–Crippen MR) is 118 cm³/mol. The third kappa shape index (κ3) is 4.00. The number of hydrogen-bond acceptors (Lipinski definition) is 5. The molecule has 1 atom stereocenters. The molecule has 8 heteroatoms. The average molecular weight is 449 g/mol. The molecule has 2 N–H and O–H groups in total. The molecule has 1 unspecified atom stereocenters. The highest BCUT2D eigenvalue weighted by Gasteiger charge is 2.50. The summed E-state index contributed by atoms with van der Waals surface area (Å²) in [5.74, 6) is 0. The lowest BCUT2D eigenvalue weighted by Gasteiger charge is -2.49. The summed E-state index contributed by atoms with van der Waals surface area (Å²) < 4.78 is 39.0. The number of anilines is 1. The van der Waals surface area contributed by atoms with Gasteiger partial charge in [-0.15, -0.1) is 0 Å². The lowest BCUT2D eigenvalue weighted by molar-refractivity contribution is -0.141. The standard InChI is InChI=1S/C24H31F3N4O/c1-16-6-5-7-18(12-16)23(30(3)4)10-8-22(9-11-23)15-31(21(32)29-22)19-14-28-20(13-17(19)2)24(25,26)27/h5-7,12-14,21,29,32H,8-11,15H2,1-4H3. The van der Waals surface area contributed by atoms with E-state index in [9.17, 15) is 18.3 Å². The zero-order valence-electron chi connectivity index (χ0n) is 19.0. The Kier molecular flexibility index (Phi) is 5.76. The van der Waals surface area contributed by atoms with Gasteiger partial charge in [0.2, 0.25) is 0 Å². The lowest BCUT2D eigenvalue weighted by atomic mass is 9.68. The Bertz CT molecular complexity index is 983. The number of pyridine rings is 1. The molecule has 1 saturated carbocycles. The smallest absolute Gasteiger partial charge is 0.361 e. The van der Waals surface area contributed by atoms with Crippen LogP contribution in [-0.2, 0) is 11.7 Å². The second-order valence-electron chi connectivity index (χ2n) is 9.58. The number of aromatic nitrogens is 1. The van der Waals surface area contributed by atoms with Crippen molar-refractivity contribution in [3.63, 3.8) is 0 Å². The minimum atomic E-state index is -4.49. The SMILES string of the molecule is Cc1cccc(C2(N(C)C)CCC3(CC2)CN(c2cnc(C(F)(F)F)cc2C)C(O)N3)c1. The van der Waals surface area contributed by atoms with Crippen LogP contribution in [0.25, 0.3) is 0 Å². The average Bonchev–Trinajstić information content (AvgIpc) is 3.03. The van der Waals surface area contributed by atoms with E-state index in [4.69, 9.17) is 0 Å². The Morgan fingerprint density at radius 2 is 1.81 bits per heavy atom. The van der Waals surface area contributed by atoms with Crippen molar-refractivity contribution < 1.29 is 18.3 Å². The fraction of sp³-hybridized carbons (Fsp3) is 0.542. The van der Waals surface area contributed by atoms with Gasteiger partial charge in [0.1, 0.15) is 5.69 Å². The van der Waals surface area contributed by atoms with Crippen LogP contribution < -0.4 is 10.2 Å². The fourth-order valence-corrected chi connectivity index (χ4v) is 5.40. The highest BCUT2D eigenvalue weighted by atomic mass is 19.4. The van der Waals surface area contributed by atoms with E-state index in [1.807, 2.05) is 0 Å². The van der Waals surface area contributed by atoms with Gasteiger partial charge in [-0.3, -0.25) is 10.2 Å². The predicted octanol–water partition coefficient (Wildman–Crippen LogP) is 4.17. The van der Waals surface area contributed by atoms with E-state index in [0.717, 1.165) is 31.7 Å². The molecule has 4 rings (SSSR count). The largest absolute Gasteiger partial charge is 0.433 e.